The molecule has 0 bridgehead atoms. The van der Waals surface area contributed by atoms with E-state index in [0.29, 0.717) is 5.90 Å². The Labute approximate surface area is 121 Å². The highest BCUT2D eigenvalue weighted by molar-refractivity contribution is 6.07. The molecule has 0 aliphatic carbocycles. The van der Waals surface area contributed by atoms with Gasteiger partial charge in [0.25, 0.3) is 0 Å². The summed E-state index contributed by atoms with van der Waals surface area (Å²) in [5.41, 5.74) is 0.243. The van der Waals surface area contributed by atoms with Crippen LogP contribution in [0.5, 0.6) is 0 Å². The van der Waals surface area contributed by atoms with Crippen molar-refractivity contribution in [1.82, 2.24) is 0 Å². The van der Waals surface area contributed by atoms with Gasteiger partial charge in [0, 0.05) is 5.56 Å². The minimum Gasteiger partial charge on any atom is -0.405 e. The number of cyclic esters (lactones) is 1. The van der Waals surface area contributed by atoms with Gasteiger partial charge in [-0.25, -0.2) is 9.79 Å². The molecule has 0 fully saturated rings. The number of aliphatic imine (C=N–C) groups is 1. The summed E-state index contributed by atoms with van der Waals surface area (Å²) in [6.45, 7) is 4.27. The van der Waals surface area contributed by atoms with E-state index in [4.69, 9.17) is 9.73 Å². The fourth-order valence-corrected chi connectivity index (χ4v) is 2.53. The summed E-state index contributed by atoms with van der Waals surface area (Å²) in [6, 6.07) is 9.68. The molecule has 0 saturated heterocycles. The number of unbranched alkanes of at least 4 members (excludes halogenated alkanes) is 2. The molecule has 0 amide bonds. The largest absolute Gasteiger partial charge is 0.405 e. The van der Waals surface area contributed by atoms with Crippen molar-refractivity contribution < 1.29 is 9.53 Å². The van der Waals surface area contributed by atoms with Crippen LogP contribution in [-0.2, 0) is 9.53 Å². The van der Waals surface area contributed by atoms with Crippen LogP contribution in [0.15, 0.2) is 35.3 Å². The van der Waals surface area contributed by atoms with Crippen LogP contribution in [0.25, 0.3) is 0 Å². The van der Waals surface area contributed by atoms with Gasteiger partial charge in [-0.2, -0.15) is 0 Å². The standard InChI is InChI=1S/C17H23NO2/c1-3-5-12-17(13-6-4-2)16(19)20-15(18-17)14-10-8-7-9-11-14/h7-11H,3-6,12-13H2,1-2H3. The lowest BCUT2D eigenvalue weighted by atomic mass is 9.88. The van der Waals surface area contributed by atoms with Gasteiger partial charge < -0.3 is 4.74 Å². The molecule has 0 unspecified atom stereocenters. The zero-order chi connectivity index (χ0) is 14.4. The molecule has 0 saturated carbocycles. The predicted octanol–water partition coefficient (Wildman–Crippen LogP) is 4.11. The van der Waals surface area contributed by atoms with Crippen molar-refractivity contribution >= 4 is 11.9 Å². The molecule has 0 spiro atoms. The van der Waals surface area contributed by atoms with Crippen LogP contribution in [0.1, 0.15) is 57.9 Å². The van der Waals surface area contributed by atoms with Crippen molar-refractivity contribution in [2.24, 2.45) is 4.99 Å². The maximum atomic E-state index is 12.4. The summed E-state index contributed by atoms with van der Waals surface area (Å²) < 4.78 is 5.47. The second-order valence-electron chi connectivity index (χ2n) is 5.41. The van der Waals surface area contributed by atoms with E-state index in [1.54, 1.807) is 0 Å². The Balaban J connectivity index is 2.25. The summed E-state index contributed by atoms with van der Waals surface area (Å²) in [4.78, 5) is 17.0. The molecule has 3 nitrogen and oxygen atoms in total. The van der Waals surface area contributed by atoms with E-state index in [2.05, 4.69) is 13.8 Å². The lowest BCUT2D eigenvalue weighted by molar-refractivity contribution is -0.139. The number of esters is 1. The normalized spacial score (nSPS) is 16.9. The average molecular weight is 273 g/mol. The fourth-order valence-electron chi connectivity index (χ4n) is 2.53. The van der Waals surface area contributed by atoms with Gasteiger partial charge in [-0.1, -0.05) is 57.7 Å². The summed E-state index contributed by atoms with van der Waals surface area (Å²) in [6.07, 6.45) is 5.72. The number of ether oxygens (including phenoxy) is 1. The first-order chi connectivity index (χ1) is 9.72. The van der Waals surface area contributed by atoms with Crippen LogP contribution in [0.4, 0.5) is 0 Å². The fraction of sp³-hybridized carbons (Fsp3) is 0.529. The number of carbonyl (C=O) groups is 1. The molecule has 1 aliphatic rings. The van der Waals surface area contributed by atoms with Gasteiger partial charge >= 0.3 is 5.97 Å². The highest BCUT2D eigenvalue weighted by Crippen LogP contribution is 2.33. The van der Waals surface area contributed by atoms with Crippen molar-refractivity contribution in [3.05, 3.63) is 35.9 Å². The first-order valence-corrected chi connectivity index (χ1v) is 7.59. The molecule has 1 aliphatic heterocycles. The van der Waals surface area contributed by atoms with Crippen LogP contribution < -0.4 is 0 Å². The molecule has 1 heterocycles. The van der Waals surface area contributed by atoms with Gasteiger partial charge in [0.2, 0.25) is 5.90 Å². The first-order valence-electron chi connectivity index (χ1n) is 7.59. The Morgan fingerprint density at radius 1 is 1.05 bits per heavy atom. The van der Waals surface area contributed by atoms with E-state index in [1.165, 1.54) is 0 Å². The molecular formula is C17H23NO2. The highest BCUT2D eigenvalue weighted by Gasteiger charge is 2.44. The number of rotatable bonds is 7. The molecule has 0 atom stereocenters. The molecular weight excluding hydrogens is 250 g/mol. The van der Waals surface area contributed by atoms with E-state index >= 15 is 0 Å². The molecule has 0 aromatic heterocycles. The number of nitrogens with zero attached hydrogens (tertiary/aromatic N) is 1. The van der Waals surface area contributed by atoms with Crippen molar-refractivity contribution in [2.45, 2.75) is 57.9 Å². The molecule has 1 aromatic rings. The predicted molar refractivity (Wildman–Crippen MR) is 80.9 cm³/mol. The molecule has 2 rings (SSSR count). The molecule has 0 radical (unpaired) electrons. The Hall–Kier alpha value is -1.64. The third kappa shape index (κ3) is 3.09. The number of hydrogen-bond acceptors (Lipinski definition) is 3. The maximum absolute atomic E-state index is 12.4. The third-order valence-corrected chi connectivity index (χ3v) is 3.79. The Morgan fingerprint density at radius 2 is 1.65 bits per heavy atom. The number of hydrogen-bond donors (Lipinski definition) is 0. The Bertz CT molecular complexity index is 471. The van der Waals surface area contributed by atoms with Gasteiger partial charge in [0.15, 0.2) is 5.54 Å². The van der Waals surface area contributed by atoms with E-state index in [1.807, 2.05) is 30.3 Å². The van der Waals surface area contributed by atoms with Crippen LogP contribution in [0.2, 0.25) is 0 Å². The Morgan fingerprint density at radius 3 is 2.20 bits per heavy atom. The lowest BCUT2D eigenvalue weighted by Gasteiger charge is -2.21. The van der Waals surface area contributed by atoms with E-state index < -0.39 is 5.54 Å². The van der Waals surface area contributed by atoms with E-state index in [9.17, 15) is 4.79 Å². The van der Waals surface area contributed by atoms with Gasteiger partial charge in [-0.15, -0.1) is 0 Å². The zero-order valence-corrected chi connectivity index (χ0v) is 12.4. The summed E-state index contributed by atoms with van der Waals surface area (Å²) in [5, 5.41) is 0. The van der Waals surface area contributed by atoms with Gasteiger partial charge in [-0.3, -0.25) is 0 Å². The smallest absolute Gasteiger partial charge is 0.340 e. The second-order valence-corrected chi connectivity index (χ2v) is 5.41. The highest BCUT2D eigenvalue weighted by atomic mass is 16.6. The summed E-state index contributed by atoms with van der Waals surface area (Å²) in [5.74, 6) is 0.320. The molecule has 20 heavy (non-hydrogen) atoms. The third-order valence-electron chi connectivity index (χ3n) is 3.79. The van der Waals surface area contributed by atoms with E-state index in [0.717, 1.165) is 44.1 Å². The number of carbonyl (C=O) groups excluding carboxylic acids is 1. The summed E-state index contributed by atoms with van der Waals surface area (Å²) in [7, 11) is 0. The Kier molecular flexibility index (Phi) is 4.94. The van der Waals surface area contributed by atoms with Gasteiger partial charge in [0.05, 0.1) is 0 Å². The minimum atomic E-state index is -0.642. The number of benzene rings is 1. The second kappa shape index (κ2) is 6.69. The van der Waals surface area contributed by atoms with Crippen molar-refractivity contribution in [2.75, 3.05) is 0 Å². The van der Waals surface area contributed by atoms with Crippen LogP contribution in [0.3, 0.4) is 0 Å². The SMILES string of the molecule is CCCCC1(CCCC)N=C(c2ccccc2)OC1=O. The van der Waals surface area contributed by atoms with Crippen molar-refractivity contribution in [3.63, 3.8) is 0 Å². The van der Waals surface area contributed by atoms with E-state index in [-0.39, 0.29) is 5.97 Å². The molecule has 3 heteroatoms. The molecule has 0 N–H and O–H groups in total. The monoisotopic (exact) mass is 273 g/mol. The van der Waals surface area contributed by atoms with Gasteiger partial charge in [-0.05, 0) is 25.0 Å². The lowest BCUT2D eigenvalue weighted by Crippen LogP contribution is -2.33. The molecule has 1 aromatic carbocycles. The summed E-state index contributed by atoms with van der Waals surface area (Å²) >= 11 is 0. The van der Waals surface area contributed by atoms with Crippen LogP contribution in [-0.4, -0.2) is 17.4 Å². The van der Waals surface area contributed by atoms with Crippen molar-refractivity contribution in [3.8, 4) is 0 Å². The average Bonchev–Trinajstić information content (AvgIpc) is 2.81. The first kappa shape index (κ1) is 14.8. The molecule has 108 valence electrons. The topological polar surface area (TPSA) is 38.7 Å². The quantitative estimate of drug-likeness (QED) is 0.701. The zero-order valence-electron chi connectivity index (χ0n) is 12.4. The van der Waals surface area contributed by atoms with Crippen LogP contribution >= 0.6 is 0 Å². The van der Waals surface area contributed by atoms with Crippen molar-refractivity contribution in [1.29, 1.82) is 0 Å². The van der Waals surface area contributed by atoms with Crippen LogP contribution in [0, 0.1) is 0 Å². The maximum Gasteiger partial charge on any atom is 0.340 e. The van der Waals surface area contributed by atoms with Gasteiger partial charge in [0.1, 0.15) is 0 Å². The minimum absolute atomic E-state index is 0.168.